The highest BCUT2D eigenvalue weighted by atomic mass is 16.3. The van der Waals surface area contributed by atoms with Gasteiger partial charge in [-0.15, -0.1) is 0 Å². The minimum absolute atomic E-state index is 0.196. The molecule has 0 saturated carbocycles. The Kier molecular flexibility index (Phi) is 1.73. The topological polar surface area (TPSA) is 61.8 Å². The van der Waals surface area contributed by atoms with Gasteiger partial charge in [-0.05, 0) is 19.1 Å². The third-order valence-electron chi connectivity index (χ3n) is 1.74. The first-order valence-electron chi connectivity index (χ1n) is 3.95. The fourth-order valence-corrected chi connectivity index (χ4v) is 1.13. The molecule has 0 atom stereocenters. The summed E-state index contributed by atoms with van der Waals surface area (Å²) in [5.41, 5.74) is 0.645. The van der Waals surface area contributed by atoms with Gasteiger partial charge in [0.2, 0.25) is 0 Å². The summed E-state index contributed by atoms with van der Waals surface area (Å²) < 4.78 is 0. The van der Waals surface area contributed by atoms with E-state index in [1.807, 2.05) is 13.0 Å². The van der Waals surface area contributed by atoms with Gasteiger partial charge in [0.1, 0.15) is 11.6 Å². The van der Waals surface area contributed by atoms with Crippen molar-refractivity contribution < 1.29 is 5.11 Å². The zero-order valence-corrected chi connectivity index (χ0v) is 7.15. The number of aromatic hydroxyl groups is 1. The zero-order chi connectivity index (χ0) is 9.26. The van der Waals surface area contributed by atoms with Crippen LogP contribution in [0.1, 0.15) is 5.82 Å². The Morgan fingerprint density at radius 1 is 1.31 bits per heavy atom. The molecule has 1 aromatic heterocycles. The van der Waals surface area contributed by atoms with Gasteiger partial charge in [-0.1, -0.05) is 12.1 Å². The minimum atomic E-state index is 0.196. The lowest BCUT2D eigenvalue weighted by Gasteiger charge is -1.97. The molecule has 2 aromatic rings. The number of aromatic nitrogens is 3. The van der Waals surface area contributed by atoms with Gasteiger partial charge in [-0.25, -0.2) is 4.98 Å². The standard InChI is InChI=1S/C9H9N3O/c1-6-10-9(12-11-6)7-4-2-3-5-8(7)13/h2-5,13H,1H3,(H,10,11,12). The second-order valence-electron chi connectivity index (χ2n) is 2.76. The molecule has 66 valence electrons. The molecule has 0 unspecified atom stereocenters. The Hall–Kier alpha value is -1.84. The minimum Gasteiger partial charge on any atom is -0.507 e. The summed E-state index contributed by atoms with van der Waals surface area (Å²) in [7, 11) is 0. The average molecular weight is 175 g/mol. The number of nitrogens with zero attached hydrogens (tertiary/aromatic N) is 2. The van der Waals surface area contributed by atoms with Crippen molar-refractivity contribution in [2.45, 2.75) is 6.92 Å². The molecular weight excluding hydrogens is 166 g/mol. The quantitative estimate of drug-likeness (QED) is 0.690. The Morgan fingerprint density at radius 2 is 2.08 bits per heavy atom. The number of H-pyrrole nitrogens is 1. The molecule has 0 fully saturated rings. The molecule has 4 nitrogen and oxygen atoms in total. The van der Waals surface area contributed by atoms with Crippen LogP contribution in [0.3, 0.4) is 0 Å². The van der Waals surface area contributed by atoms with Gasteiger partial charge in [0, 0.05) is 0 Å². The predicted octanol–water partition coefficient (Wildman–Crippen LogP) is 1.49. The van der Waals surface area contributed by atoms with E-state index in [0.29, 0.717) is 11.4 Å². The lowest BCUT2D eigenvalue weighted by atomic mass is 10.2. The van der Waals surface area contributed by atoms with E-state index in [1.165, 1.54) is 0 Å². The van der Waals surface area contributed by atoms with E-state index in [9.17, 15) is 5.11 Å². The van der Waals surface area contributed by atoms with Crippen molar-refractivity contribution in [2.24, 2.45) is 0 Å². The van der Waals surface area contributed by atoms with Crippen LogP contribution in [-0.4, -0.2) is 20.3 Å². The molecule has 1 aromatic carbocycles. The van der Waals surface area contributed by atoms with E-state index in [0.717, 1.165) is 5.82 Å². The van der Waals surface area contributed by atoms with E-state index in [-0.39, 0.29) is 5.75 Å². The highest BCUT2D eigenvalue weighted by Gasteiger charge is 2.06. The van der Waals surface area contributed by atoms with Gasteiger partial charge in [0.05, 0.1) is 5.56 Å². The van der Waals surface area contributed by atoms with Gasteiger partial charge in [0.15, 0.2) is 5.82 Å². The van der Waals surface area contributed by atoms with Crippen LogP contribution < -0.4 is 0 Å². The molecule has 1 heterocycles. The molecular formula is C9H9N3O. The molecule has 0 radical (unpaired) electrons. The summed E-state index contributed by atoms with van der Waals surface area (Å²) in [6.07, 6.45) is 0. The van der Waals surface area contributed by atoms with Crippen LogP contribution in [0.25, 0.3) is 11.4 Å². The van der Waals surface area contributed by atoms with E-state index in [1.54, 1.807) is 18.2 Å². The number of aromatic amines is 1. The molecule has 2 rings (SSSR count). The van der Waals surface area contributed by atoms with Crippen LogP contribution >= 0.6 is 0 Å². The van der Waals surface area contributed by atoms with E-state index in [4.69, 9.17) is 0 Å². The largest absolute Gasteiger partial charge is 0.507 e. The van der Waals surface area contributed by atoms with Gasteiger partial charge < -0.3 is 5.11 Å². The number of hydrogen-bond acceptors (Lipinski definition) is 3. The Balaban J connectivity index is 2.52. The molecule has 0 saturated heterocycles. The molecule has 4 heteroatoms. The first kappa shape index (κ1) is 7.79. The maximum atomic E-state index is 9.48. The number of nitrogens with one attached hydrogen (secondary N) is 1. The fraction of sp³-hybridized carbons (Fsp3) is 0.111. The molecule has 0 amide bonds. The molecule has 0 aliphatic rings. The SMILES string of the molecule is Cc1nc(-c2ccccc2O)n[nH]1. The van der Waals surface area contributed by atoms with Crippen molar-refractivity contribution in [3.63, 3.8) is 0 Å². The lowest BCUT2D eigenvalue weighted by molar-refractivity contribution is 0.477. The number of phenolic OH excluding ortho intramolecular Hbond substituents is 1. The van der Waals surface area contributed by atoms with Crippen molar-refractivity contribution in [3.05, 3.63) is 30.1 Å². The van der Waals surface area contributed by atoms with E-state index < -0.39 is 0 Å². The fourth-order valence-electron chi connectivity index (χ4n) is 1.13. The highest BCUT2D eigenvalue weighted by Crippen LogP contribution is 2.24. The normalized spacial score (nSPS) is 10.2. The Bertz CT molecular complexity index is 422. The molecule has 0 bridgehead atoms. The van der Waals surface area contributed by atoms with Crippen LogP contribution in [0.2, 0.25) is 0 Å². The molecule has 0 aliphatic heterocycles. The summed E-state index contributed by atoms with van der Waals surface area (Å²) in [4.78, 5) is 4.12. The van der Waals surface area contributed by atoms with Crippen LogP contribution in [0, 0.1) is 6.92 Å². The van der Waals surface area contributed by atoms with Gasteiger partial charge in [-0.3, -0.25) is 5.10 Å². The van der Waals surface area contributed by atoms with Crippen molar-refractivity contribution >= 4 is 0 Å². The highest BCUT2D eigenvalue weighted by molar-refractivity contribution is 5.62. The maximum absolute atomic E-state index is 9.48. The molecule has 2 N–H and O–H groups in total. The number of aryl methyl sites for hydroxylation is 1. The predicted molar refractivity (Wildman–Crippen MR) is 48.2 cm³/mol. The number of para-hydroxylation sites is 1. The van der Waals surface area contributed by atoms with Crippen molar-refractivity contribution in [2.75, 3.05) is 0 Å². The zero-order valence-electron chi connectivity index (χ0n) is 7.15. The first-order valence-corrected chi connectivity index (χ1v) is 3.95. The van der Waals surface area contributed by atoms with Crippen LogP contribution in [0.4, 0.5) is 0 Å². The first-order chi connectivity index (χ1) is 6.27. The second kappa shape index (κ2) is 2.90. The van der Waals surface area contributed by atoms with Gasteiger partial charge >= 0.3 is 0 Å². The molecule has 0 aliphatic carbocycles. The number of rotatable bonds is 1. The monoisotopic (exact) mass is 175 g/mol. The Morgan fingerprint density at radius 3 is 2.69 bits per heavy atom. The lowest BCUT2D eigenvalue weighted by Crippen LogP contribution is -1.80. The van der Waals surface area contributed by atoms with Gasteiger partial charge in [0.25, 0.3) is 0 Å². The van der Waals surface area contributed by atoms with Gasteiger partial charge in [-0.2, -0.15) is 5.10 Å². The van der Waals surface area contributed by atoms with Crippen molar-refractivity contribution in [1.29, 1.82) is 0 Å². The van der Waals surface area contributed by atoms with Crippen LogP contribution in [-0.2, 0) is 0 Å². The third-order valence-corrected chi connectivity index (χ3v) is 1.74. The van der Waals surface area contributed by atoms with Crippen molar-refractivity contribution in [1.82, 2.24) is 15.2 Å². The van der Waals surface area contributed by atoms with Crippen molar-refractivity contribution in [3.8, 4) is 17.1 Å². The molecule has 13 heavy (non-hydrogen) atoms. The number of benzene rings is 1. The Labute approximate surface area is 75.3 Å². The van der Waals surface area contributed by atoms with Crippen LogP contribution in [0.5, 0.6) is 5.75 Å². The van der Waals surface area contributed by atoms with E-state index >= 15 is 0 Å². The second-order valence-corrected chi connectivity index (χ2v) is 2.76. The van der Waals surface area contributed by atoms with Crippen LogP contribution in [0.15, 0.2) is 24.3 Å². The summed E-state index contributed by atoms with van der Waals surface area (Å²) in [5, 5.41) is 16.2. The average Bonchev–Trinajstić information content (AvgIpc) is 2.53. The maximum Gasteiger partial charge on any atom is 0.184 e. The molecule has 0 spiro atoms. The summed E-state index contributed by atoms with van der Waals surface area (Å²) in [5.74, 6) is 1.45. The smallest absolute Gasteiger partial charge is 0.184 e. The third kappa shape index (κ3) is 1.38. The number of hydrogen-bond donors (Lipinski definition) is 2. The summed E-state index contributed by atoms with van der Waals surface area (Å²) in [6.45, 7) is 1.82. The summed E-state index contributed by atoms with van der Waals surface area (Å²) >= 11 is 0. The van der Waals surface area contributed by atoms with E-state index in [2.05, 4.69) is 15.2 Å². The summed E-state index contributed by atoms with van der Waals surface area (Å²) in [6, 6.07) is 6.98. The number of phenols is 1.